The average molecular weight is 168 g/mol. The van der Waals surface area contributed by atoms with Crippen molar-refractivity contribution in [2.45, 2.75) is 0 Å². The SMILES string of the molecule is [AlH3].[MgH2].[SiH3]S.[Ti]. The van der Waals surface area contributed by atoms with Crippen LogP contribution in [0.4, 0.5) is 0 Å². The first-order chi connectivity index (χ1) is 1.00. The van der Waals surface area contributed by atoms with E-state index in [-0.39, 0.29) is 62.1 Å². The monoisotopic (exact) mass is 168 g/mol. The molecule has 0 fully saturated rings. The molecule has 0 aromatic carbocycles. The summed E-state index contributed by atoms with van der Waals surface area (Å²) in [6, 6.07) is 0. The maximum Gasteiger partial charge on any atom is 0.316 e. The van der Waals surface area contributed by atoms with E-state index in [1.54, 1.807) is 0 Å². The summed E-state index contributed by atoms with van der Waals surface area (Å²) >= 11 is 3.67. The molecule has 5 heavy (non-hydrogen) atoms. The molecule has 0 spiro atoms. The molecule has 28 valence electrons. The normalized spacial score (nSPS) is 1.80. The molecule has 0 amide bonds. The second-order valence-electron chi connectivity index (χ2n) is 0. The molecule has 0 rings (SSSR count). The number of thiol groups is 1. The quantitative estimate of drug-likeness (QED) is 0.291. The first-order valence-electron chi connectivity index (χ1n) is 0.447. The van der Waals surface area contributed by atoms with Crippen molar-refractivity contribution in [1.29, 1.82) is 0 Å². The largest absolute Gasteiger partial charge is 0.316 e. The molecular weight excluding hydrogens is 159 g/mol. The summed E-state index contributed by atoms with van der Waals surface area (Å²) in [5, 5.41) is 0. The summed E-state index contributed by atoms with van der Waals surface area (Å²) in [5.74, 6) is 0. The van der Waals surface area contributed by atoms with Crippen LogP contribution in [-0.4, -0.2) is 49.8 Å². The predicted molar refractivity (Wildman–Crippen MR) is 37.4 cm³/mol. The van der Waals surface area contributed by atoms with E-state index in [0.29, 0.717) is 0 Å². The second kappa shape index (κ2) is 30.8. The Labute approximate surface area is 82.5 Å². The van der Waals surface area contributed by atoms with E-state index in [1.165, 1.54) is 0 Å². The van der Waals surface area contributed by atoms with Gasteiger partial charge >= 0.3 is 23.1 Å². The van der Waals surface area contributed by atoms with Gasteiger partial charge in [-0.3, -0.25) is 0 Å². The zero-order valence-corrected chi connectivity index (χ0v) is 6.40. The number of hydrogen-bond acceptors (Lipinski definition) is 1. The van der Waals surface area contributed by atoms with Gasteiger partial charge in [0.15, 0.2) is 17.4 Å². The third-order valence-corrected chi connectivity index (χ3v) is 0. The Bertz CT molecular complexity index is 11.6. The molecule has 0 saturated carbocycles. The van der Waals surface area contributed by atoms with Crippen LogP contribution in [0.5, 0.6) is 0 Å². The van der Waals surface area contributed by atoms with Crippen molar-refractivity contribution in [2.24, 2.45) is 0 Å². The van der Waals surface area contributed by atoms with Gasteiger partial charge in [0, 0.05) is 21.7 Å². The Kier molecular flexibility index (Phi) is 158. The first-order valence-corrected chi connectivity index (χ1v) is 4.02. The Hall–Kier alpha value is 2.58. The van der Waals surface area contributed by atoms with Crippen LogP contribution in [-0.2, 0) is 21.7 Å². The fraction of sp³-hybridized carbons (Fsp3) is 0. The van der Waals surface area contributed by atoms with Crippen LogP contribution >= 0.6 is 12.1 Å². The van der Waals surface area contributed by atoms with Crippen LogP contribution < -0.4 is 0 Å². The maximum absolute atomic E-state index is 3.67. The standard InChI is InChI=1S/Al.Mg.H4SSi.Ti.5H/c;;1-2;;;;;;/h;;1H,2H3;;;;;;. The van der Waals surface area contributed by atoms with Crippen molar-refractivity contribution < 1.29 is 21.7 Å². The molecule has 0 aliphatic rings. The van der Waals surface area contributed by atoms with E-state index < -0.39 is 0 Å². The fourth-order valence-electron chi connectivity index (χ4n) is 0. The molecule has 0 aromatic rings. The van der Waals surface area contributed by atoms with Crippen LogP contribution in [0.3, 0.4) is 0 Å². The smallest absolute Gasteiger partial charge is 0.214 e. The van der Waals surface area contributed by atoms with Gasteiger partial charge in [0.05, 0.1) is 9.39 Å². The molecule has 0 heterocycles. The van der Waals surface area contributed by atoms with Gasteiger partial charge in [-0.25, -0.2) is 12.1 Å². The van der Waals surface area contributed by atoms with Crippen molar-refractivity contribution in [3.63, 3.8) is 0 Å². The van der Waals surface area contributed by atoms with Crippen LogP contribution in [0.25, 0.3) is 0 Å². The molecular formula is H9AlMgSSiTi. The van der Waals surface area contributed by atoms with Gasteiger partial charge in [0.1, 0.15) is 0 Å². The molecule has 0 N–H and O–H groups in total. The average Bonchev–Trinajstić information content (AvgIpc) is 1.00. The van der Waals surface area contributed by atoms with E-state index in [1.807, 2.05) is 0 Å². The van der Waals surface area contributed by atoms with Crippen LogP contribution in [0, 0.1) is 0 Å². The predicted octanol–water partition coefficient (Wildman–Crippen LogP) is -2.91. The summed E-state index contributed by atoms with van der Waals surface area (Å²) < 4.78 is 0. The Morgan fingerprint density at radius 1 is 1.20 bits per heavy atom. The summed E-state index contributed by atoms with van der Waals surface area (Å²) in [5.41, 5.74) is 0. The van der Waals surface area contributed by atoms with Gasteiger partial charge in [0.25, 0.3) is 0 Å². The maximum atomic E-state index is 3.67. The van der Waals surface area contributed by atoms with Gasteiger partial charge in [0.2, 0.25) is 0 Å². The zero-order valence-electron chi connectivity index (χ0n) is 1.95. The van der Waals surface area contributed by atoms with E-state index in [9.17, 15) is 0 Å². The molecule has 0 saturated heterocycles. The molecule has 0 aliphatic heterocycles. The third-order valence-electron chi connectivity index (χ3n) is 0. The molecule has 0 radical (unpaired) electrons. The summed E-state index contributed by atoms with van der Waals surface area (Å²) in [6.07, 6.45) is 0. The first kappa shape index (κ1) is 25.6. The molecule has 0 atom stereocenters. The summed E-state index contributed by atoms with van der Waals surface area (Å²) in [7, 11) is 1.00. The minimum Gasteiger partial charge on any atom is -0.214 e. The topological polar surface area (TPSA) is 0 Å². The molecule has 0 unspecified atom stereocenters. The Balaban J connectivity index is -0.00000000167. The van der Waals surface area contributed by atoms with E-state index in [0.717, 1.165) is 9.39 Å². The molecule has 0 bridgehead atoms. The molecule has 0 nitrogen and oxygen atoms in total. The third kappa shape index (κ3) is 20.7. The molecule has 5 heteroatoms. The van der Waals surface area contributed by atoms with Gasteiger partial charge in [-0.05, 0) is 0 Å². The van der Waals surface area contributed by atoms with Crippen molar-refractivity contribution in [3.8, 4) is 0 Å². The van der Waals surface area contributed by atoms with Crippen molar-refractivity contribution in [1.82, 2.24) is 0 Å². The van der Waals surface area contributed by atoms with Gasteiger partial charge in [-0.1, -0.05) is 0 Å². The number of hydrogen-bond donors (Lipinski definition) is 1. The van der Waals surface area contributed by atoms with Crippen LogP contribution in [0.2, 0.25) is 0 Å². The molecule has 0 aromatic heterocycles. The Morgan fingerprint density at radius 2 is 1.20 bits per heavy atom. The van der Waals surface area contributed by atoms with Crippen molar-refractivity contribution in [3.05, 3.63) is 0 Å². The van der Waals surface area contributed by atoms with E-state index >= 15 is 0 Å². The van der Waals surface area contributed by atoms with Gasteiger partial charge in [-0.15, -0.1) is 0 Å². The minimum atomic E-state index is 0. The van der Waals surface area contributed by atoms with Crippen molar-refractivity contribution in [2.75, 3.05) is 0 Å². The minimum absolute atomic E-state index is 0. The fourth-order valence-corrected chi connectivity index (χ4v) is 0. The molecule has 0 aliphatic carbocycles. The number of rotatable bonds is 0. The van der Waals surface area contributed by atoms with E-state index in [2.05, 4.69) is 12.1 Å². The van der Waals surface area contributed by atoms with E-state index in [4.69, 9.17) is 0 Å². The summed E-state index contributed by atoms with van der Waals surface area (Å²) in [6.45, 7) is 0. The summed E-state index contributed by atoms with van der Waals surface area (Å²) in [4.78, 5) is 0. The van der Waals surface area contributed by atoms with Crippen molar-refractivity contribution >= 4 is 61.9 Å². The van der Waals surface area contributed by atoms with Crippen LogP contribution in [0.15, 0.2) is 0 Å². The zero-order chi connectivity index (χ0) is 2.00. The Morgan fingerprint density at radius 3 is 1.20 bits per heavy atom. The van der Waals surface area contributed by atoms with Gasteiger partial charge in [-0.2, -0.15) is 0 Å². The van der Waals surface area contributed by atoms with Crippen LogP contribution in [0.1, 0.15) is 0 Å². The second-order valence-corrected chi connectivity index (χ2v) is 0. The van der Waals surface area contributed by atoms with Gasteiger partial charge < -0.3 is 0 Å².